The number of benzene rings is 1. The summed E-state index contributed by atoms with van der Waals surface area (Å²) in [6, 6.07) is 3.49. The zero-order valence-corrected chi connectivity index (χ0v) is 14.3. The summed E-state index contributed by atoms with van der Waals surface area (Å²) in [6.45, 7) is 1.11. The molecule has 1 amide bonds. The van der Waals surface area contributed by atoms with E-state index in [1.54, 1.807) is 0 Å². The predicted octanol–water partition coefficient (Wildman–Crippen LogP) is 0.697. The lowest BCUT2D eigenvalue weighted by molar-refractivity contribution is -0.148. The number of aliphatic carboxylic acids is 1. The fourth-order valence-corrected chi connectivity index (χ4v) is 4.26. The molecule has 3 rings (SSSR count). The highest BCUT2D eigenvalue weighted by Crippen LogP contribution is 2.32. The van der Waals surface area contributed by atoms with Crippen LogP contribution in [0.2, 0.25) is 0 Å². The number of nitrogens with zero attached hydrogens (tertiary/aromatic N) is 1. The third kappa shape index (κ3) is 3.71. The lowest BCUT2D eigenvalue weighted by Gasteiger charge is -2.21. The Morgan fingerprint density at radius 2 is 1.92 bits per heavy atom. The summed E-state index contributed by atoms with van der Waals surface area (Å²) in [7, 11) is -3.69. The molecular formula is C16H19NO7S. The van der Waals surface area contributed by atoms with E-state index in [2.05, 4.69) is 0 Å². The molecular weight excluding hydrogens is 350 g/mol. The van der Waals surface area contributed by atoms with E-state index in [-0.39, 0.29) is 17.1 Å². The summed E-state index contributed by atoms with van der Waals surface area (Å²) >= 11 is 0. The van der Waals surface area contributed by atoms with Gasteiger partial charge in [-0.25, -0.2) is 13.2 Å². The van der Waals surface area contributed by atoms with Crippen LogP contribution >= 0.6 is 0 Å². The molecule has 0 saturated carbocycles. The fourth-order valence-electron chi connectivity index (χ4n) is 3.02. The van der Waals surface area contributed by atoms with Gasteiger partial charge < -0.3 is 19.5 Å². The summed E-state index contributed by atoms with van der Waals surface area (Å²) < 4.78 is 35.7. The van der Waals surface area contributed by atoms with Gasteiger partial charge in [-0.05, 0) is 25.0 Å². The molecule has 9 heteroatoms. The summed E-state index contributed by atoms with van der Waals surface area (Å²) in [6.07, 6.45) is 0.758. The van der Waals surface area contributed by atoms with Gasteiger partial charge in [-0.15, -0.1) is 0 Å². The first-order valence-corrected chi connectivity index (χ1v) is 9.68. The summed E-state index contributed by atoms with van der Waals surface area (Å²) in [5.41, 5.74) is 0. The Bertz CT molecular complexity index is 790. The van der Waals surface area contributed by atoms with Crippen LogP contribution in [-0.2, 0) is 19.4 Å². The SMILES string of the molecule is O=C(O)[C@@H]1CCCN1C(=O)CCS(=O)(=O)c1ccc2c(c1)OCCO2. The van der Waals surface area contributed by atoms with Crippen molar-refractivity contribution in [3.63, 3.8) is 0 Å². The normalized spacial score (nSPS) is 19.7. The standard InChI is InChI=1S/C16H19NO7S/c18-15(17-6-1-2-12(17)16(19)20)5-9-25(21,22)11-3-4-13-14(10-11)24-8-7-23-13/h3-4,10,12H,1-2,5-9H2,(H,19,20)/t12-/m0/s1. The average Bonchev–Trinajstić information content (AvgIpc) is 3.09. The Hall–Kier alpha value is -2.29. The smallest absolute Gasteiger partial charge is 0.326 e. The molecule has 1 N–H and O–H groups in total. The maximum Gasteiger partial charge on any atom is 0.326 e. The van der Waals surface area contributed by atoms with E-state index in [0.29, 0.717) is 44.1 Å². The topological polar surface area (TPSA) is 110 Å². The van der Waals surface area contributed by atoms with Crippen molar-refractivity contribution in [1.29, 1.82) is 0 Å². The lowest BCUT2D eigenvalue weighted by Crippen LogP contribution is -2.41. The van der Waals surface area contributed by atoms with Gasteiger partial charge in [0.25, 0.3) is 0 Å². The molecule has 0 aliphatic carbocycles. The molecule has 1 fully saturated rings. The largest absolute Gasteiger partial charge is 0.486 e. The van der Waals surface area contributed by atoms with E-state index in [0.717, 1.165) is 0 Å². The highest BCUT2D eigenvalue weighted by Gasteiger charge is 2.34. The monoisotopic (exact) mass is 369 g/mol. The highest BCUT2D eigenvalue weighted by atomic mass is 32.2. The van der Waals surface area contributed by atoms with Gasteiger partial charge in [0.2, 0.25) is 5.91 Å². The number of carbonyl (C=O) groups excluding carboxylic acids is 1. The van der Waals surface area contributed by atoms with Gasteiger partial charge >= 0.3 is 5.97 Å². The molecule has 1 saturated heterocycles. The van der Waals surface area contributed by atoms with E-state index in [1.165, 1.54) is 23.1 Å². The summed E-state index contributed by atoms with van der Waals surface area (Å²) in [4.78, 5) is 24.7. The molecule has 0 radical (unpaired) electrons. The van der Waals surface area contributed by atoms with Crippen molar-refractivity contribution < 1.29 is 32.6 Å². The molecule has 8 nitrogen and oxygen atoms in total. The van der Waals surface area contributed by atoms with Crippen LogP contribution in [0.4, 0.5) is 0 Å². The van der Waals surface area contributed by atoms with Crippen LogP contribution in [0.1, 0.15) is 19.3 Å². The number of rotatable bonds is 5. The third-order valence-corrected chi connectivity index (χ3v) is 6.03. The number of likely N-dealkylation sites (tertiary alicyclic amines) is 1. The van der Waals surface area contributed by atoms with Gasteiger partial charge in [0.15, 0.2) is 21.3 Å². The van der Waals surface area contributed by atoms with E-state index >= 15 is 0 Å². The summed E-state index contributed by atoms with van der Waals surface area (Å²) in [5, 5.41) is 9.11. The van der Waals surface area contributed by atoms with Crippen LogP contribution < -0.4 is 9.47 Å². The molecule has 2 heterocycles. The van der Waals surface area contributed by atoms with Crippen molar-refractivity contribution in [2.45, 2.75) is 30.2 Å². The number of carboxylic acids is 1. The number of ether oxygens (including phenoxy) is 2. The Morgan fingerprint density at radius 3 is 2.64 bits per heavy atom. The Morgan fingerprint density at radius 1 is 1.20 bits per heavy atom. The molecule has 25 heavy (non-hydrogen) atoms. The molecule has 0 spiro atoms. The maximum absolute atomic E-state index is 12.5. The van der Waals surface area contributed by atoms with Crippen molar-refractivity contribution in [3.8, 4) is 11.5 Å². The number of sulfone groups is 1. The molecule has 2 aliphatic rings. The van der Waals surface area contributed by atoms with Crippen molar-refractivity contribution in [3.05, 3.63) is 18.2 Å². The molecule has 136 valence electrons. The van der Waals surface area contributed by atoms with Gasteiger partial charge in [0.05, 0.1) is 10.6 Å². The van der Waals surface area contributed by atoms with Crippen molar-refractivity contribution >= 4 is 21.7 Å². The zero-order valence-electron chi connectivity index (χ0n) is 13.5. The Balaban J connectivity index is 1.67. The first-order chi connectivity index (χ1) is 11.9. The van der Waals surface area contributed by atoms with Gasteiger partial charge in [-0.1, -0.05) is 0 Å². The quantitative estimate of drug-likeness (QED) is 0.813. The van der Waals surface area contributed by atoms with Crippen LogP contribution in [0.5, 0.6) is 11.5 Å². The number of hydrogen-bond donors (Lipinski definition) is 1. The van der Waals surface area contributed by atoms with Crippen molar-refractivity contribution in [1.82, 2.24) is 4.90 Å². The second-order valence-corrected chi connectivity index (χ2v) is 8.07. The second kappa shape index (κ2) is 6.91. The van der Waals surface area contributed by atoms with Crippen molar-refractivity contribution in [2.24, 2.45) is 0 Å². The maximum atomic E-state index is 12.5. The number of carboxylic acid groups (broad SMARTS) is 1. The number of amides is 1. The molecule has 1 atom stereocenters. The van der Waals surface area contributed by atoms with Crippen molar-refractivity contribution in [2.75, 3.05) is 25.5 Å². The van der Waals surface area contributed by atoms with E-state index in [9.17, 15) is 18.0 Å². The Labute approximate surface area is 145 Å². The van der Waals surface area contributed by atoms with Gasteiger partial charge in [-0.3, -0.25) is 4.79 Å². The first-order valence-electron chi connectivity index (χ1n) is 8.03. The molecule has 1 aromatic carbocycles. The van der Waals surface area contributed by atoms with E-state index in [4.69, 9.17) is 14.6 Å². The number of hydrogen-bond acceptors (Lipinski definition) is 6. The minimum Gasteiger partial charge on any atom is -0.486 e. The minimum absolute atomic E-state index is 0.0563. The van der Waals surface area contributed by atoms with Gasteiger partial charge in [0, 0.05) is 19.0 Å². The molecule has 0 unspecified atom stereocenters. The molecule has 0 bridgehead atoms. The summed E-state index contributed by atoms with van der Waals surface area (Å²) in [5.74, 6) is -1.03. The van der Waals surface area contributed by atoms with Crippen LogP contribution in [0.3, 0.4) is 0 Å². The lowest BCUT2D eigenvalue weighted by atomic mass is 10.2. The fraction of sp³-hybridized carbons (Fsp3) is 0.500. The molecule has 1 aromatic rings. The van der Waals surface area contributed by atoms with Crippen LogP contribution in [0, 0.1) is 0 Å². The van der Waals surface area contributed by atoms with E-state index in [1.807, 2.05) is 0 Å². The van der Waals surface area contributed by atoms with Gasteiger partial charge in [-0.2, -0.15) is 0 Å². The minimum atomic E-state index is -3.69. The predicted molar refractivity (Wildman–Crippen MR) is 86.5 cm³/mol. The van der Waals surface area contributed by atoms with Gasteiger partial charge in [0.1, 0.15) is 19.3 Å². The van der Waals surface area contributed by atoms with E-state index < -0.39 is 27.8 Å². The average molecular weight is 369 g/mol. The Kier molecular flexibility index (Phi) is 4.85. The number of carbonyl (C=O) groups is 2. The van der Waals surface area contributed by atoms with Crippen LogP contribution in [-0.4, -0.2) is 61.9 Å². The molecule has 0 aromatic heterocycles. The van der Waals surface area contributed by atoms with Crippen LogP contribution in [0.15, 0.2) is 23.1 Å². The number of fused-ring (bicyclic) bond motifs is 1. The third-order valence-electron chi connectivity index (χ3n) is 4.32. The highest BCUT2D eigenvalue weighted by molar-refractivity contribution is 7.91. The first kappa shape index (κ1) is 17.5. The zero-order chi connectivity index (χ0) is 18.0. The second-order valence-electron chi connectivity index (χ2n) is 5.96. The van der Waals surface area contributed by atoms with Crippen LogP contribution in [0.25, 0.3) is 0 Å². The molecule has 2 aliphatic heterocycles.